The highest BCUT2D eigenvalue weighted by atomic mass is 16.6. The Labute approximate surface area is 268 Å². The van der Waals surface area contributed by atoms with Crippen LogP contribution in [0.3, 0.4) is 0 Å². The Bertz CT molecular complexity index is 1960. The van der Waals surface area contributed by atoms with E-state index in [1.165, 1.54) is 25.3 Å². The summed E-state index contributed by atoms with van der Waals surface area (Å²) >= 11 is 0. The Morgan fingerprint density at radius 1 is 0.830 bits per heavy atom. The molecule has 6 aliphatic carbocycles. The number of rotatable bonds is 5. The quantitative estimate of drug-likeness (QED) is 0.135. The summed E-state index contributed by atoms with van der Waals surface area (Å²) in [6.45, 7) is 0. The molecule has 6 atom stereocenters. The maximum atomic E-state index is 14.8. The van der Waals surface area contributed by atoms with Gasteiger partial charge < -0.3 is 4.74 Å². The number of ether oxygens (including phenoxy) is 1. The van der Waals surface area contributed by atoms with E-state index in [2.05, 4.69) is 17.3 Å². The van der Waals surface area contributed by atoms with Crippen LogP contribution >= 0.6 is 0 Å². The fourth-order valence-electron chi connectivity index (χ4n) is 9.57. The molecule has 0 radical (unpaired) electrons. The predicted molar refractivity (Wildman–Crippen MR) is 167 cm³/mol. The van der Waals surface area contributed by atoms with Crippen molar-refractivity contribution < 1.29 is 28.8 Å². The van der Waals surface area contributed by atoms with Gasteiger partial charge in [0, 0.05) is 18.2 Å². The lowest BCUT2D eigenvalue weighted by Gasteiger charge is -2.52. The van der Waals surface area contributed by atoms with Crippen molar-refractivity contribution in [1.82, 2.24) is 5.01 Å². The molecular weight excluding hydrogens is 600 g/mol. The first-order valence-corrected chi connectivity index (χ1v) is 15.8. The second-order valence-electron chi connectivity index (χ2n) is 13.2. The molecule has 11 rings (SSSR count). The minimum absolute atomic E-state index is 0.00460. The highest BCUT2D eigenvalue weighted by Gasteiger charge is 2.68. The van der Waals surface area contributed by atoms with Gasteiger partial charge in [0.2, 0.25) is 11.8 Å². The number of nitro groups is 1. The number of methoxy groups -OCH3 is 1. The second kappa shape index (κ2) is 9.54. The van der Waals surface area contributed by atoms with E-state index in [0.29, 0.717) is 0 Å². The number of hydrogen-bond acceptors (Lipinski definition) is 8. The molecule has 3 aromatic carbocycles. The molecule has 3 aromatic rings. The zero-order valence-corrected chi connectivity index (χ0v) is 25.2. The fourth-order valence-corrected chi connectivity index (χ4v) is 9.57. The molecule has 0 N–H and O–H groups in total. The number of allylic oxidation sites excluding steroid dienone is 2. The molecule has 0 aromatic heterocycles. The van der Waals surface area contributed by atoms with Crippen LogP contribution in [0.15, 0.2) is 84.0 Å². The van der Waals surface area contributed by atoms with E-state index < -0.39 is 51.7 Å². The van der Waals surface area contributed by atoms with Crippen LogP contribution in [-0.4, -0.2) is 46.9 Å². The summed E-state index contributed by atoms with van der Waals surface area (Å²) in [5.74, 6) is -4.79. The van der Waals surface area contributed by atoms with Crippen molar-refractivity contribution in [3.63, 3.8) is 0 Å². The van der Waals surface area contributed by atoms with Crippen LogP contribution in [0.5, 0.6) is 5.75 Å². The molecule has 4 amide bonds. The Balaban J connectivity index is 1.23. The average molecular weight is 629 g/mol. The molecule has 2 heterocycles. The summed E-state index contributed by atoms with van der Waals surface area (Å²) in [5, 5.41) is 17.2. The first-order valence-electron chi connectivity index (χ1n) is 15.8. The summed E-state index contributed by atoms with van der Waals surface area (Å²) in [6, 6.07) is 19.1. The first kappa shape index (κ1) is 27.8. The summed E-state index contributed by atoms with van der Waals surface area (Å²) in [5.41, 5.74) is 1.87. The van der Waals surface area contributed by atoms with Crippen molar-refractivity contribution in [3.8, 4) is 5.75 Å². The number of amides is 4. The number of hydrogen-bond donors (Lipinski definition) is 0. The molecule has 11 nitrogen and oxygen atoms in total. The summed E-state index contributed by atoms with van der Waals surface area (Å²) in [4.78, 5) is 68.9. The summed E-state index contributed by atoms with van der Waals surface area (Å²) in [7, 11) is 1.33. The van der Waals surface area contributed by atoms with Gasteiger partial charge in [-0.15, -0.1) is 0 Å². The smallest absolute Gasteiger partial charge is 0.273 e. The van der Waals surface area contributed by atoms with Gasteiger partial charge in [-0.25, -0.2) is 4.90 Å². The maximum absolute atomic E-state index is 14.8. The zero-order chi connectivity index (χ0) is 32.4. The molecule has 234 valence electrons. The number of nitro benzene ring substituents is 1. The second-order valence-corrected chi connectivity index (χ2v) is 13.2. The Kier molecular flexibility index (Phi) is 5.65. The number of carbonyl (C=O) groups is 4. The molecule has 3 fully saturated rings. The maximum Gasteiger partial charge on any atom is 0.273 e. The number of imide groups is 2. The SMILES string of the molecule is COc1cc([N+](=O)[O-])ccc1N1C(=O)[C@@H]2C3c4ccccc4C(/C=N\N4C(=O)[C@@H]5[C@H](C4=O)[C@H]4C=C[C@H]5CC4)(c4ccccc43)[C@@H]2C1=O. The van der Waals surface area contributed by atoms with E-state index in [0.717, 1.165) is 45.0 Å². The zero-order valence-electron chi connectivity index (χ0n) is 25.2. The minimum Gasteiger partial charge on any atom is -0.494 e. The molecule has 8 aliphatic rings. The number of benzene rings is 3. The topological polar surface area (TPSA) is 139 Å². The van der Waals surface area contributed by atoms with Gasteiger partial charge in [-0.3, -0.25) is 29.3 Å². The van der Waals surface area contributed by atoms with Gasteiger partial charge in [-0.1, -0.05) is 60.7 Å². The van der Waals surface area contributed by atoms with Gasteiger partial charge in [0.05, 0.1) is 52.9 Å². The van der Waals surface area contributed by atoms with E-state index in [4.69, 9.17) is 4.74 Å². The van der Waals surface area contributed by atoms with Crippen LogP contribution < -0.4 is 9.64 Å². The molecule has 2 saturated heterocycles. The van der Waals surface area contributed by atoms with Gasteiger partial charge in [0.15, 0.2) is 0 Å². The van der Waals surface area contributed by atoms with Crippen molar-refractivity contribution in [2.75, 3.05) is 12.0 Å². The third-order valence-corrected chi connectivity index (χ3v) is 11.4. The van der Waals surface area contributed by atoms with Gasteiger partial charge in [0.25, 0.3) is 17.5 Å². The van der Waals surface area contributed by atoms with Gasteiger partial charge in [0.1, 0.15) is 5.75 Å². The summed E-state index contributed by atoms with van der Waals surface area (Å²) < 4.78 is 5.46. The van der Waals surface area contributed by atoms with Crippen LogP contribution in [-0.2, 0) is 24.6 Å². The fraction of sp³-hybridized carbons (Fsp3) is 0.306. The minimum atomic E-state index is -1.30. The largest absolute Gasteiger partial charge is 0.494 e. The Morgan fingerprint density at radius 2 is 1.43 bits per heavy atom. The standard InChI is InChI=1S/C36H28N4O7/c1-47-26-16-20(40(45)46)14-15-25(26)38-32(41)30-29-21-6-2-4-8-23(21)36(31(30)35(38)44,24-9-5-3-7-22(24)29)17-37-39-33(42)27-18-10-11-19(13-12-18)28(27)34(39)43/h2-11,14-19,27-31H,12-13H2,1H3/b37-17-/t18-,19-,27-,28+,29?,30+,31-,36?/m0/s1. The molecule has 47 heavy (non-hydrogen) atoms. The van der Waals surface area contributed by atoms with Crippen molar-refractivity contribution in [3.05, 3.63) is 111 Å². The van der Waals surface area contributed by atoms with Gasteiger partial charge >= 0.3 is 0 Å². The predicted octanol–water partition coefficient (Wildman–Crippen LogP) is 4.34. The van der Waals surface area contributed by atoms with E-state index in [1.807, 2.05) is 48.5 Å². The lowest BCUT2D eigenvalue weighted by molar-refractivity contribution is -0.384. The number of carbonyl (C=O) groups excluding carboxylic acids is 4. The third kappa shape index (κ3) is 3.38. The highest BCUT2D eigenvalue weighted by molar-refractivity contribution is 6.25. The average Bonchev–Trinajstić information content (AvgIpc) is 3.53. The molecule has 1 saturated carbocycles. The van der Waals surface area contributed by atoms with E-state index in [1.54, 1.807) is 6.21 Å². The van der Waals surface area contributed by atoms with Crippen LogP contribution in [0.4, 0.5) is 11.4 Å². The Morgan fingerprint density at radius 3 is 1.98 bits per heavy atom. The highest BCUT2D eigenvalue weighted by Crippen LogP contribution is 2.64. The molecule has 4 bridgehead atoms. The molecule has 0 unspecified atom stereocenters. The first-order chi connectivity index (χ1) is 22.8. The van der Waals surface area contributed by atoms with Crippen molar-refractivity contribution >= 4 is 41.2 Å². The lowest BCUT2D eigenvalue weighted by Crippen LogP contribution is -2.55. The number of hydrazone groups is 1. The van der Waals surface area contributed by atoms with Gasteiger partial charge in [-0.2, -0.15) is 10.1 Å². The summed E-state index contributed by atoms with van der Waals surface area (Å²) in [6.07, 6.45) is 7.37. The lowest BCUT2D eigenvalue weighted by atomic mass is 9.47. The number of fused-ring (bicyclic) bond motifs is 1. The van der Waals surface area contributed by atoms with Crippen LogP contribution in [0.1, 0.15) is 41.0 Å². The number of anilines is 1. The van der Waals surface area contributed by atoms with Crippen molar-refractivity contribution in [2.24, 2.45) is 40.6 Å². The van der Waals surface area contributed by atoms with E-state index in [-0.39, 0.29) is 40.8 Å². The number of nitrogens with zero attached hydrogens (tertiary/aromatic N) is 4. The number of non-ortho nitro benzene ring substituents is 1. The molecular formula is C36H28N4O7. The normalized spacial score (nSPS) is 32.6. The van der Waals surface area contributed by atoms with Crippen molar-refractivity contribution in [2.45, 2.75) is 24.2 Å². The van der Waals surface area contributed by atoms with Crippen molar-refractivity contribution in [1.29, 1.82) is 0 Å². The van der Waals surface area contributed by atoms with E-state index >= 15 is 0 Å². The Hall–Kier alpha value is -5.45. The van der Waals surface area contributed by atoms with E-state index in [9.17, 15) is 29.3 Å². The van der Waals surface area contributed by atoms with Gasteiger partial charge in [-0.05, 0) is 53.0 Å². The third-order valence-electron chi connectivity index (χ3n) is 11.4. The molecule has 11 heteroatoms. The van der Waals surface area contributed by atoms with Crippen LogP contribution in [0.25, 0.3) is 0 Å². The monoisotopic (exact) mass is 628 g/mol. The molecule has 2 aliphatic heterocycles. The molecule has 0 spiro atoms. The van der Waals surface area contributed by atoms with Crippen LogP contribution in [0, 0.1) is 45.6 Å². The van der Waals surface area contributed by atoms with Crippen LogP contribution in [0.2, 0.25) is 0 Å².